The molecule has 0 saturated carbocycles. The maximum absolute atomic E-state index is 11.6. The highest BCUT2D eigenvalue weighted by atomic mass is 16.4. The van der Waals surface area contributed by atoms with Gasteiger partial charge in [-0.15, -0.1) is 0 Å². The molecule has 1 saturated heterocycles. The van der Waals surface area contributed by atoms with Crippen molar-refractivity contribution in [3.05, 3.63) is 29.8 Å². The van der Waals surface area contributed by atoms with Crippen LogP contribution in [-0.2, 0) is 20.9 Å². The van der Waals surface area contributed by atoms with Crippen LogP contribution in [0.4, 0.5) is 5.69 Å². The average molecular weight is 276 g/mol. The number of rotatable bonds is 5. The number of nitrogens with zero attached hydrogens (tertiary/aromatic N) is 1. The molecule has 106 valence electrons. The lowest BCUT2D eigenvalue weighted by atomic mass is 10.2. The van der Waals surface area contributed by atoms with E-state index in [2.05, 4.69) is 5.32 Å². The van der Waals surface area contributed by atoms with Crippen molar-refractivity contribution in [2.45, 2.75) is 25.8 Å². The zero-order chi connectivity index (χ0) is 14.5. The fourth-order valence-electron chi connectivity index (χ4n) is 2.12. The van der Waals surface area contributed by atoms with Crippen LogP contribution in [0.2, 0.25) is 0 Å². The van der Waals surface area contributed by atoms with E-state index in [-0.39, 0.29) is 12.5 Å². The molecule has 0 unspecified atom stereocenters. The molecule has 0 bridgehead atoms. The first-order chi connectivity index (χ1) is 9.56. The van der Waals surface area contributed by atoms with Crippen molar-refractivity contribution in [1.82, 2.24) is 5.32 Å². The van der Waals surface area contributed by atoms with Gasteiger partial charge in [0, 0.05) is 25.2 Å². The van der Waals surface area contributed by atoms with Crippen LogP contribution in [0.1, 0.15) is 24.8 Å². The lowest BCUT2D eigenvalue weighted by Crippen LogP contribution is -2.25. The van der Waals surface area contributed by atoms with E-state index in [9.17, 15) is 14.4 Å². The van der Waals surface area contributed by atoms with E-state index in [1.165, 1.54) is 0 Å². The summed E-state index contributed by atoms with van der Waals surface area (Å²) in [6, 6.07) is 7.31. The summed E-state index contributed by atoms with van der Waals surface area (Å²) >= 11 is 0. The normalized spacial score (nSPS) is 14.4. The molecular formula is C14H16N2O4. The number of carboxylic acids is 1. The predicted molar refractivity (Wildman–Crippen MR) is 72.1 cm³/mol. The Bertz CT molecular complexity index is 524. The van der Waals surface area contributed by atoms with Crippen LogP contribution in [0, 0.1) is 0 Å². The molecule has 0 atom stereocenters. The van der Waals surface area contributed by atoms with Gasteiger partial charge in [0.1, 0.15) is 6.42 Å². The molecule has 6 heteroatoms. The molecule has 1 fully saturated rings. The SMILES string of the molecule is O=C(O)CC(=O)NCc1ccc(N2CCCC2=O)cc1. The third kappa shape index (κ3) is 3.57. The van der Waals surface area contributed by atoms with Gasteiger partial charge in [0.05, 0.1) is 0 Å². The fourth-order valence-corrected chi connectivity index (χ4v) is 2.12. The Hall–Kier alpha value is -2.37. The number of carboxylic acid groups (broad SMARTS) is 1. The van der Waals surface area contributed by atoms with Crippen LogP contribution in [0.15, 0.2) is 24.3 Å². The molecule has 1 aliphatic heterocycles. The average Bonchev–Trinajstić information content (AvgIpc) is 2.82. The third-order valence-corrected chi connectivity index (χ3v) is 3.12. The number of carbonyl (C=O) groups is 3. The van der Waals surface area contributed by atoms with Gasteiger partial charge in [-0.1, -0.05) is 12.1 Å². The molecule has 1 aromatic carbocycles. The maximum Gasteiger partial charge on any atom is 0.312 e. The van der Waals surface area contributed by atoms with Gasteiger partial charge >= 0.3 is 5.97 Å². The second-order valence-electron chi connectivity index (χ2n) is 4.66. The molecule has 1 heterocycles. The van der Waals surface area contributed by atoms with Crippen LogP contribution in [0.5, 0.6) is 0 Å². The van der Waals surface area contributed by atoms with Crippen molar-refractivity contribution in [1.29, 1.82) is 0 Å². The number of hydrogen-bond donors (Lipinski definition) is 2. The van der Waals surface area contributed by atoms with E-state index in [1.807, 2.05) is 24.3 Å². The van der Waals surface area contributed by atoms with Crippen LogP contribution in [0.25, 0.3) is 0 Å². The zero-order valence-electron chi connectivity index (χ0n) is 11.0. The van der Waals surface area contributed by atoms with E-state index < -0.39 is 18.3 Å². The molecule has 1 aliphatic rings. The Balaban J connectivity index is 1.90. The summed E-state index contributed by atoms with van der Waals surface area (Å²) in [6.45, 7) is 1.02. The molecule has 0 aliphatic carbocycles. The summed E-state index contributed by atoms with van der Waals surface area (Å²) in [5, 5.41) is 11.0. The van der Waals surface area contributed by atoms with Gasteiger partial charge < -0.3 is 15.3 Å². The maximum atomic E-state index is 11.6. The summed E-state index contributed by atoms with van der Waals surface area (Å²) in [7, 11) is 0. The Labute approximate surface area is 116 Å². The van der Waals surface area contributed by atoms with Gasteiger partial charge in [0.15, 0.2) is 0 Å². The van der Waals surface area contributed by atoms with Crippen LogP contribution in [0.3, 0.4) is 0 Å². The number of carbonyl (C=O) groups excluding carboxylic acids is 2. The molecule has 0 radical (unpaired) electrons. The lowest BCUT2D eigenvalue weighted by Gasteiger charge is -2.16. The molecule has 1 aromatic rings. The minimum Gasteiger partial charge on any atom is -0.481 e. The topological polar surface area (TPSA) is 86.7 Å². The Kier molecular flexibility index (Phi) is 4.34. The number of amides is 2. The molecule has 2 rings (SSSR count). The number of anilines is 1. The van der Waals surface area contributed by atoms with Gasteiger partial charge in [0.2, 0.25) is 11.8 Å². The van der Waals surface area contributed by atoms with Crippen LogP contribution >= 0.6 is 0 Å². The highest BCUT2D eigenvalue weighted by Crippen LogP contribution is 2.21. The zero-order valence-corrected chi connectivity index (χ0v) is 11.0. The van der Waals surface area contributed by atoms with Gasteiger partial charge in [0.25, 0.3) is 0 Å². The molecule has 2 N–H and O–H groups in total. The molecule has 0 spiro atoms. The Morgan fingerprint density at radius 3 is 2.50 bits per heavy atom. The van der Waals surface area contributed by atoms with Crippen molar-refractivity contribution < 1.29 is 19.5 Å². The minimum atomic E-state index is -1.15. The second-order valence-corrected chi connectivity index (χ2v) is 4.66. The Morgan fingerprint density at radius 1 is 1.25 bits per heavy atom. The summed E-state index contributed by atoms with van der Waals surface area (Å²) in [5.41, 5.74) is 1.72. The highest BCUT2D eigenvalue weighted by molar-refractivity contribution is 5.95. The van der Waals surface area contributed by atoms with Gasteiger partial charge in [-0.05, 0) is 24.1 Å². The number of hydrogen-bond acceptors (Lipinski definition) is 3. The van der Waals surface area contributed by atoms with Crippen molar-refractivity contribution in [3.8, 4) is 0 Å². The van der Waals surface area contributed by atoms with Gasteiger partial charge in [-0.2, -0.15) is 0 Å². The first-order valence-electron chi connectivity index (χ1n) is 6.44. The summed E-state index contributed by atoms with van der Waals surface area (Å²) in [5.74, 6) is -1.53. The first kappa shape index (κ1) is 14.0. The molecule has 20 heavy (non-hydrogen) atoms. The second kappa shape index (κ2) is 6.18. The summed E-state index contributed by atoms with van der Waals surface area (Å²) in [4.78, 5) is 34.9. The van der Waals surface area contributed by atoms with E-state index in [0.717, 1.165) is 24.2 Å². The predicted octanol–water partition coefficient (Wildman–Crippen LogP) is 0.904. The molecular weight excluding hydrogens is 260 g/mol. The molecule has 0 aromatic heterocycles. The van der Waals surface area contributed by atoms with E-state index in [0.29, 0.717) is 6.42 Å². The number of nitrogens with one attached hydrogen (secondary N) is 1. The number of benzene rings is 1. The van der Waals surface area contributed by atoms with Gasteiger partial charge in [-0.25, -0.2) is 0 Å². The summed E-state index contributed by atoms with van der Waals surface area (Å²) < 4.78 is 0. The van der Waals surface area contributed by atoms with E-state index in [1.54, 1.807) is 4.90 Å². The minimum absolute atomic E-state index is 0.132. The molecule has 2 amide bonds. The van der Waals surface area contributed by atoms with Crippen molar-refractivity contribution in [3.63, 3.8) is 0 Å². The van der Waals surface area contributed by atoms with Crippen LogP contribution in [-0.4, -0.2) is 29.4 Å². The quantitative estimate of drug-likeness (QED) is 0.782. The van der Waals surface area contributed by atoms with Crippen molar-refractivity contribution in [2.24, 2.45) is 0 Å². The van der Waals surface area contributed by atoms with E-state index in [4.69, 9.17) is 5.11 Å². The lowest BCUT2D eigenvalue weighted by molar-refractivity contribution is -0.140. The first-order valence-corrected chi connectivity index (χ1v) is 6.44. The van der Waals surface area contributed by atoms with Crippen LogP contribution < -0.4 is 10.2 Å². The smallest absolute Gasteiger partial charge is 0.312 e. The van der Waals surface area contributed by atoms with Crippen molar-refractivity contribution >= 4 is 23.5 Å². The molecule has 6 nitrogen and oxygen atoms in total. The number of aliphatic carboxylic acids is 1. The Morgan fingerprint density at radius 2 is 1.95 bits per heavy atom. The van der Waals surface area contributed by atoms with E-state index >= 15 is 0 Å². The monoisotopic (exact) mass is 276 g/mol. The largest absolute Gasteiger partial charge is 0.481 e. The van der Waals surface area contributed by atoms with Crippen molar-refractivity contribution in [2.75, 3.05) is 11.4 Å². The highest BCUT2D eigenvalue weighted by Gasteiger charge is 2.21. The fraction of sp³-hybridized carbons (Fsp3) is 0.357. The van der Waals surface area contributed by atoms with Gasteiger partial charge in [-0.3, -0.25) is 14.4 Å². The standard InChI is InChI=1S/C14H16N2O4/c17-12(8-14(19)20)15-9-10-3-5-11(6-4-10)16-7-1-2-13(16)18/h3-6H,1-2,7-9H2,(H,15,17)(H,19,20). The third-order valence-electron chi connectivity index (χ3n) is 3.12. The summed E-state index contributed by atoms with van der Waals surface area (Å²) in [6.07, 6.45) is 0.944.